The normalized spacial score (nSPS) is 10.6. The van der Waals surface area contributed by atoms with Crippen molar-refractivity contribution in [1.82, 2.24) is 9.47 Å². The lowest BCUT2D eigenvalue weighted by atomic mass is 10.1. The molecule has 0 unspecified atom stereocenters. The van der Waals surface area contributed by atoms with E-state index in [2.05, 4.69) is 30.5 Å². The lowest BCUT2D eigenvalue weighted by Gasteiger charge is -2.18. The third-order valence-corrected chi connectivity index (χ3v) is 4.69. The van der Waals surface area contributed by atoms with Crippen LogP contribution in [0.3, 0.4) is 0 Å². The Labute approximate surface area is 146 Å². The van der Waals surface area contributed by atoms with E-state index in [1.165, 1.54) is 4.90 Å². The first-order valence-electron chi connectivity index (χ1n) is 7.79. The van der Waals surface area contributed by atoms with Crippen molar-refractivity contribution >= 4 is 17.7 Å². The Morgan fingerprint density at radius 3 is 2.21 bits per heavy atom. The summed E-state index contributed by atoms with van der Waals surface area (Å²) in [6.45, 7) is 0.604. The smallest absolute Gasteiger partial charge is 0.253 e. The summed E-state index contributed by atoms with van der Waals surface area (Å²) in [7, 11) is 1.84. The van der Waals surface area contributed by atoms with Crippen LogP contribution in [0, 0.1) is 0 Å². The monoisotopic (exact) mass is 336 g/mol. The minimum absolute atomic E-state index is 0.0306. The summed E-state index contributed by atoms with van der Waals surface area (Å²) in [6, 6.07) is 20.0. The van der Waals surface area contributed by atoms with Gasteiger partial charge in [0.2, 0.25) is 0 Å². The molecular weight excluding hydrogens is 316 g/mol. The van der Waals surface area contributed by atoms with Crippen LogP contribution in [0.4, 0.5) is 0 Å². The Kier molecular flexibility index (Phi) is 5.06. The molecule has 0 fully saturated rings. The van der Waals surface area contributed by atoms with Crippen LogP contribution in [0.15, 0.2) is 78.0 Å². The predicted molar refractivity (Wildman–Crippen MR) is 99.8 cm³/mol. The van der Waals surface area contributed by atoms with Crippen molar-refractivity contribution in [3.63, 3.8) is 0 Å². The Hall–Kier alpha value is -2.46. The second-order valence-corrected chi connectivity index (χ2v) is 6.53. The van der Waals surface area contributed by atoms with Gasteiger partial charge in [-0.3, -0.25) is 4.79 Å². The number of nitrogens with zero attached hydrogens (tertiary/aromatic N) is 2. The lowest BCUT2D eigenvalue weighted by Crippen LogP contribution is -2.26. The van der Waals surface area contributed by atoms with Crippen LogP contribution in [0.2, 0.25) is 0 Å². The summed E-state index contributed by atoms with van der Waals surface area (Å²) < 4.78 is 2.02. The maximum Gasteiger partial charge on any atom is 0.253 e. The molecule has 0 aliphatic rings. The van der Waals surface area contributed by atoms with Gasteiger partial charge in [0, 0.05) is 42.1 Å². The molecular formula is C20H20N2OS. The molecule has 0 spiro atoms. The molecule has 0 aliphatic heterocycles. The van der Waals surface area contributed by atoms with E-state index in [0.717, 1.165) is 11.3 Å². The zero-order chi connectivity index (χ0) is 16.9. The van der Waals surface area contributed by atoms with Crippen LogP contribution in [-0.4, -0.2) is 28.7 Å². The maximum absolute atomic E-state index is 12.6. The van der Waals surface area contributed by atoms with Gasteiger partial charge in [0.05, 0.1) is 0 Å². The van der Waals surface area contributed by atoms with Gasteiger partial charge < -0.3 is 9.47 Å². The minimum Gasteiger partial charge on any atom is -0.337 e. The van der Waals surface area contributed by atoms with E-state index in [1.54, 1.807) is 16.7 Å². The highest BCUT2D eigenvalue weighted by molar-refractivity contribution is 7.98. The summed E-state index contributed by atoms with van der Waals surface area (Å²) in [5.74, 6) is 0.0306. The highest BCUT2D eigenvalue weighted by Gasteiger charge is 2.12. The van der Waals surface area contributed by atoms with E-state index in [0.29, 0.717) is 12.1 Å². The number of carbonyl (C=O) groups is 1. The first kappa shape index (κ1) is 16.4. The molecule has 0 N–H and O–H groups in total. The van der Waals surface area contributed by atoms with E-state index in [9.17, 15) is 4.79 Å². The lowest BCUT2D eigenvalue weighted by molar-refractivity contribution is 0.0785. The summed E-state index contributed by atoms with van der Waals surface area (Å²) >= 11 is 1.72. The molecule has 1 amide bonds. The van der Waals surface area contributed by atoms with Crippen molar-refractivity contribution in [2.45, 2.75) is 11.4 Å². The fraction of sp³-hybridized carbons (Fsp3) is 0.150. The second kappa shape index (κ2) is 7.41. The summed E-state index contributed by atoms with van der Waals surface area (Å²) in [6.07, 6.45) is 6.03. The van der Waals surface area contributed by atoms with Crippen LogP contribution >= 0.6 is 11.8 Å². The zero-order valence-electron chi connectivity index (χ0n) is 13.8. The molecule has 2 aromatic carbocycles. The van der Waals surface area contributed by atoms with Gasteiger partial charge in [0.25, 0.3) is 5.91 Å². The number of amides is 1. The van der Waals surface area contributed by atoms with Crippen LogP contribution in [0.25, 0.3) is 5.69 Å². The van der Waals surface area contributed by atoms with Gasteiger partial charge in [-0.05, 0) is 60.4 Å². The van der Waals surface area contributed by atoms with Gasteiger partial charge in [0.15, 0.2) is 0 Å². The van der Waals surface area contributed by atoms with Gasteiger partial charge in [-0.2, -0.15) is 0 Å². The first-order chi connectivity index (χ1) is 11.7. The van der Waals surface area contributed by atoms with Gasteiger partial charge in [-0.1, -0.05) is 12.1 Å². The third-order valence-electron chi connectivity index (χ3n) is 3.94. The summed E-state index contributed by atoms with van der Waals surface area (Å²) in [5.41, 5.74) is 2.88. The quantitative estimate of drug-likeness (QED) is 0.642. The molecule has 0 saturated carbocycles. The SMILES string of the molecule is CSc1ccc(CN(C)C(=O)c2ccc(-n3cccc3)cc2)cc1. The van der Waals surface area contributed by atoms with Gasteiger partial charge in [0.1, 0.15) is 0 Å². The number of rotatable bonds is 5. The van der Waals surface area contributed by atoms with Crippen LogP contribution in [-0.2, 0) is 6.54 Å². The second-order valence-electron chi connectivity index (χ2n) is 5.65. The molecule has 0 radical (unpaired) electrons. The zero-order valence-corrected chi connectivity index (χ0v) is 14.7. The number of thioether (sulfide) groups is 1. The molecule has 3 rings (SSSR count). The van der Waals surface area contributed by atoms with Crippen molar-refractivity contribution in [1.29, 1.82) is 0 Å². The van der Waals surface area contributed by atoms with Crippen molar-refractivity contribution in [2.24, 2.45) is 0 Å². The van der Waals surface area contributed by atoms with E-state index in [1.807, 2.05) is 60.4 Å². The fourth-order valence-electron chi connectivity index (χ4n) is 2.58. The molecule has 1 aromatic heterocycles. The topological polar surface area (TPSA) is 25.2 Å². The molecule has 3 aromatic rings. The first-order valence-corrected chi connectivity index (χ1v) is 9.01. The van der Waals surface area contributed by atoms with Gasteiger partial charge in [-0.25, -0.2) is 0 Å². The molecule has 122 valence electrons. The van der Waals surface area contributed by atoms with Crippen LogP contribution in [0.1, 0.15) is 15.9 Å². The Morgan fingerprint density at radius 1 is 1.00 bits per heavy atom. The van der Waals surface area contributed by atoms with E-state index in [-0.39, 0.29) is 5.91 Å². The third kappa shape index (κ3) is 3.71. The van der Waals surface area contributed by atoms with Gasteiger partial charge >= 0.3 is 0 Å². The average Bonchev–Trinajstić information content (AvgIpc) is 3.16. The van der Waals surface area contributed by atoms with Crippen molar-refractivity contribution in [3.8, 4) is 5.69 Å². The Balaban J connectivity index is 1.68. The number of hydrogen-bond acceptors (Lipinski definition) is 2. The molecule has 3 nitrogen and oxygen atoms in total. The Morgan fingerprint density at radius 2 is 1.62 bits per heavy atom. The van der Waals surface area contributed by atoms with E-state index < -0.39 is 0 Å². The molecule has 0 atom stereocenters. The van der Waals surface area contributed by atoms with E-state index >= 15 is 0 Å². The average molecular weight is 336 g/mol. The van der Waals surface area contributed by atoms with Crippen molar-refractivity contribution in [3.05, 3.63) is 84.2 Å². The minimum atomic E-state index is 0.0306. The van der Waals surface area contributed by atoms with Crippen LogP contribution in [0.5, 0.6) is 0 Å². The highest BCUT2D eigenvalue weighted by atomic mass is 32.2. The number of benzene rings is 2. The number of aromatic nitrogens is 1. The standard InChI is InChI=1S/C20H20N2OS/c1-21(15-16-5-11-19(24-2)12-6-16)20(23)17-7-9-18(10-8-17)22-13-3-4-14-22/h3-14H,15H2,1-2H3. The molecule has 0 aliphatic carbocycles. The number of carbonyl (C=O) groups excluding carboxylic acids is 1. The fourth-order valence-corrected chi connectivity index (χ4v) is 2.99. The molecule has 1 heterocycles. The summed E-state index contributed by atoms with van der Waals surface area (Å²) in [5, 5.41) is 0. The number of hydrogen-bond donors (Lipinski definition) is 0. The molecule has 0 bridgehead atoms. The molecule has 0 saturated heterocycles. The maximum atomic E-state index is 12.6. The molecule has 4 heteroatoms. The van der Waals surface area contributed by atoms with Crippen LogP contribution < -0.4 is 0 Å². The van der Waals surface area contributed by atoms with E-state index in [4.69, 9.17) is 0 Å². The Bertz CT molecular complexity index is 793. The van der Waals surface area contributed by atoms with Gasteiger partial charge in [-0.15, -0.1) is 11.8 Å². The van der Waals surface area contributed by atoms with Crippen molar-refractivity contribution in [2.75, 3.05) is 13.3 Å². The largest absolute Gasteiger partial charge is 0.337 e. The van der Waals surface area contributed by atoms with Crippen molar-refractivity contribution < 1.29 is 4.79 Å². The molecule has 24 heavy (non-hydrogen) atoms. The predicted octanol–water partition coefficient (Wildman–Crippen LogP) is 4.47. The highest BCUT2D eigenvalue weighted by Crippen LogP contribution is 2.17. The summed E-state index contributed by atoms with van der Waals surface area (Å²) in [4.78, 5) is 15.6.